The van der Waals surface area contributed by atoms with Crippen molar-refractivity contribution in [2.45, 2.75) is 57.8 Å². The van der Waals surface area contributed by atoms with Crippen molar-refractivity contribution in [1.82, 2.24) is 0 Å². The van der Waals surface area contributed by atoms with Gasteiger partial charge in [-0.15, -0.1) is 0 Å². The number of halogens is 3. The fraction of sp³-hybridized carbons (Fsp3) is 0.0756. The van der Waals surface area contributed by atoms with E-state index >= 15 is 0 Å². The molecule has 1 N–H and O–H groups in total. The maximum absolute atomic E-state index is 8.87. The molecule has 0 fully saturated rings. The summed E-state index contributed by atoms with van der Waals surface area (Å²) in [6, 6.07) is 140. The van der Waals surface area contributed by atoms with Crippen molar-refractivity contribution in [3.05, 3.63) is 435 Å². The summed E-state index contributed by atoms with van der Waals surface area (Å²) in [5, 5.41) is 39.5. The van der Waals surface area contributed by atoms with E-state index in [0.717, 1.165) is 13.1 Å². The van der Waals surface area contributed by atoms with Crippen LogP contribution in [0.1, 0.15) is 74.9 Å². The molecule has 0 spiro atoms. The molecule has 0 bridgehead atoms. The molecule has 128 heavy (non-hydrogen) atoms. The van der Waals surface area contributed by atoms with Crippen LogP contribution in [0, 0.1) is 0 Å². The second-order valence-corrected chi connectivity index (χ2v) is 37.9. The Bertz CT molecular complexity index is 8120. The van der Waals surface area contributed by atoms with Crippen molar-refractivity contribution in [3.8, 4) is 72.5 Å². The van der Waals surface area contributed by atoms with E-state index in [1.54, 1.807) is 0 Å². The van der Waals surface area contributed by atoms with Gasteiger partial charge in [0.05, 0.1) is 0 Å². The van der Waals surface area contributed by atoms with Gasteiger partial charge in [0.15, 0.2) is 0 Å². The topological polar surface area (TPSA) is 41.8 Å². The summed E-state index contributed by atoms with van der Waals surface area (Å²) < 4.78 is 11.4. The Kier molecular flexibility index (Phi) is 21.3. The van der Waals surface area contributed by atoms with E-state index in [9.17, 15) is 0 Å². The van der Waals surface area contributed by atoms with Gasteiger partial charge in [0.2, 0.25) is 0 Å². The Morgan fingerprint density at radius 2 is 0.578 bits per heavy atom. The van der Waals surface area contributed by atoms with Crippen LogP contribution in [-0.4, -0.2) is 20.3 Å². The molecular weight excluding hydrogens is 1770 g/mol. The molecule has 0 saturated carbocycles. The molecule has 0 saturated heterocycles. The molecule has 0 aromatic heterocycles. The Hall–Kier alpha value is -12.8. The molecule has 23 aromatic rings. The molecule has 3 nitrogen and oxygen atoms in total. The number of rotatable bonds is 5. The minimum absolute atomic E-state index is 0.00774. The molecule has 0 atom stereocenters. The summed E-state index contributed by atoms with van der Waals surface area (Å²) in [4.78, 5) is 0. The Morgan fingerprint density at radius 3 is 1.02 bits per heavy atom. The van der Waals surface area contributed by atoms with Crippen molar-refractivity contribution in [1.29, 1.82) is 0 Å². The zero-order valence-electron chi connectivity index (χ0n) is 71.5. The monoisotopic (exact) mass is 1850 g/mol. The number of thiol groups is 1. The van der Waals surface area contributed by atoms with E-state index in [-0.39, 0.29) is 16.2 Å². The number of nitrogens with zero attached hydrogens (tertiary/aromatic N) is 1. The average molecular weight is 1850 g/mol. The summed E-state index contributed by atoms with van der Waals surface area (Å²) in [5.74, 6) is 0.674. The predicted octanol–water partition coefficient (Wildman–Crippen LogP) is 34.4. The minimum atomic E-state index is -0.00774. The van der Waals surface area contributed by atoms with Crippen LogP contribution in [0.4, 0.5) is 0 Å². The van der Waals surface area contributed by atoms with Crippen LogP contribution in [0.5, 0.6) is 5.75 Å². The summed E-state index contributed by atoms with van der Waals surface area (Å²) in [5.41, 5.74) is 24.5. The normalized spacial score (nSPS) is 13.2. The van der Waals surface area contributed by atoms with Gasteiger partial charge in [-0.3, -0.25) is 0 Å². The first-order chi connectivity index (χ1) is 62.4. The molecule has 0 amide bonds. The van der Waals surface area contributed by atoms with Crippen molar-refractivity contribution in [3.63, 3.8) is 0 Å². The quantitative estimate of drug-likeness (QED) is 0.0780. The molecule has 3 aliphatic carbocycles. The van der Waals surface area contributed by atoms with E-state index in [1.807, 2.05) is 18.2 Å². The van der Waals surface area contributed by atoms with Crippen LogP contribution in [0.15, 0.2) is 406 Å². The van der Waals surface area contributed by atoms with Gasteiger partial charge < -0.3 is 9.68 Å². The summed E-state index contributed by atoms with van der Waals surface area (Å²) >= 11 is 14.8. The van der Waals surface area contributed by atoms with Gasteiger partial charge in [0.25, 0.3) is 0 Å². The molecular formula is C119H84B2Br3NO2S. The van der Waals surface area contributed by atoms with E-state index in [0.29, 0.717) is 5.75 Å². The predicted molar refractivity (Wildman–Crippen MR) is 563 cm³/mol. The van der Waals surface area contributed by atoms with E-state index < -0.39 is 0 Å². The Balaban J connectivity index is 0.0000000979. The molecule has 0 unspecified atom stereocenters. The summed E-state index contributed by atoms with van der Waals surface area (Å²) in [6.45, 7) is 14.1. The molecule has 3 aliphatic rings. The third kappa shape index (κ3) is 13.7. The van der Waals surface area contributed by atoms with Gasteiger partial charge in [-0.05, 0) is 305 Å². The third-order valence-electron chi connectivity index (χ3n) is 27.2. The van der Waals surface area contributed by atoms with Crippen LogP contribution < -0.4 is 4.65 Å². The number of hydrogen-bond acceptors (Lipinski definition) is 4. The zero-order chi connectivity index (χ0) is 87.4. The van der Waals surface area contributed by atoms with Crippen LogP contribution >= 0.6 is 60.6 Å². The maximum atomic E-state index is 8.87. The first-order valence-corrected chi connectivity index (χ1v) is 46.2. The standard InChI is InChI=1S/2C29H21Br.C29H22.C16H10BO2.C16H9Br.BHNS/c2*1-29(2)25-15-9-8-12-19(25)22-16-24-23(17-26(22)29)27(18-10-4-3-5-11-18)20-13-6-7-14-21(20)28(24)30;1-29(2)26-15-9-8-14-23(26)25-17-21-16-20-12-6-7-13-22(20)28(24(21)18-27(25)29)19-10-4-3-5-11-19;18-17-19-14-9-7-12-5-4-10-2-1-3-11-6-8-13(14)16(12)15(10)11;17-14-9-7-12-5-4-10-2-1-3-11-6-8-13(14)16(12)15(10)11;1-2-3/h2*3-17H,1-2H3;3-18H,1-2H3;1-9,18H;1-9H;3H. The van der Waals surface area contributed by atoms with Gasteiger partial charge in [-0.25, -0.2) is 0 Å². The number of hydrogen-bond donors (Lipinski definition) is 2. The van der Waals surface area contributed by atoms with Crippen molar-refractivity contribution in [2.24, 2.45) is 4.30 Å². The van der Waals surface area contributed by atoms with Crippen LogP contribution in [0.3, 0.4) is 0 Å². The number of benzene rings is 23. The molecule has 0 heterocycles. The van der Waals surface area contributed by atoms with Crippen LogP contribution in [-0.2, 0) is 16.2 Å². The van der Waals surface area contributed by atoms with Gasteiger partial charge in [-0.1, -0.05) is 391 Å². The third-order valence-corrected chi connectivity index (χ3v) is 29.6. The first kappa shape index (κ1) is 82.2. The molecule has 23 aromatic carbocycles. The van der Waals surface area contributed by atoms with Gasteiger partial charge in [0, 0.05) is 40.4 Å². The average Bonchev–Trinajstić information content (AvgIpc) is 1.35. The van der Waals surface area contributed by atoms with Gasteiger partial charge in [0.1, 0.15) is 5.75 Å². The fourth-order valence-electron chi connectivity index (χ4n) is 21.2. The molecule has 0 aliphatic heterocycles. The van der Waals surface area contributed by atoms with E-state index in [1.165, 1.54) is 237 Å². The number of fused-ring (bicyclic) bond motifs is 15. The van der Waals surface area contributed by atoms with Crippen LogP contribution in [0.2, 0.25) is 0 Å². The second-order valence-electron chi connectivity index (χ2n) is 35.2. The second kappa shape index (κ2) is 33.1. The molecule has 610 valence electrons. The molecule has 9 heteroatoms. The summed E-state index contributed by atoms with van der Waals surface area (Å²) in [6.07, 6.45) is 0. The van der Waals surface area contributed by atoms with Gasteiger partial charge in [-0.2, -0.15) is 0 Å². The first-order valence-electron chi connectivity index (χ1n) is 43.4. The van der Waals surface area contributed by atoms with E-state index in [4.69, 9.17) is 9.68 Å². The summed E-state index contributed by atoms with van der Waals surface area (Å²) in [7, 11) is 5.06. The Labute approximate surface area is 777 Å². The van der Waals surface area contributed by atoms with Crippen molar-refractivity contribution < 1.29 is 9.68 Å². The Morgan fingerprint density at radius 1 is 0.258 bits per heavy atom. The molecule has 2 radical (unpaired) electrons. The van der Waals surface area contributed by atoms with Crippen LogP contribution in [0.25, 0.3) is 196 Å². The zero-order valence-corrected chi connectivity index (χ0v) is 77.1. The van der Waals surface area contributed by atoms with Crippen molar-refractivity contribution in [2.75, 3.05) is 0 Å². The van der Waals surface area contributed by atoms with E-state index in [2.05, 4.69) is 484 Å². The van der Waals surface area contributed by atoms with Crippen molar-refractivity contribution >= 4 is 205 Å². The molecule has 26 rings (SSSR count). The fourth-order valence-corrected chi connectivity index (χ4v) is 23.0. The SMILES string of the molecule is Brc1ccc2ccc3cccc4ccc1c2c34.CC1(C)c2ccccc2-c2cc3c(Br)c4ccccc4c(-c4ccccc4)c3cc21.CC1(C)c2ccccc2-c2cc3c(Br)c4ccccc4c(-c4ccccc4)c3cc21.CC1(C)c2ccccc2-c2cc3cc4ccccc4c(-c4ccccc4)c3cc21.O[B]Oc1ccc2ccc3cccc4ccc1c2c34.[B]=NS. The van der Waals surface area contributed by atoms with Gasteiger partial charge >= 0.3 is 32.4 Å².